The molecule has 5 nitrogen and oxygen atoms in total. The lowest BCUT2D eigenvalue weighted by Crippen LogP contribution is -2.39. The summed E-state index contributed by atoms with van der Waals surface area (Å²) in [6.07, 6.45) is 1.69. The Labute approximate surface area is 138 Å². The van der Waals surface area contributed by atoms with Gasteiger partial charge in [0, 0.05) is 26.8 Å². The van der Waals surface area contributed by atoms with E-state index in [1.165, 1.54) is 11.3 Å². The highest BCUT2D eigenvalue weighted by Gasteiger charge is 2.30. The van der Waals surface area contributed by atoms with Crippen molar-refractivity contribution in [2.45, 2.75) is 17.1 Å². The molecule has 1 saturated heterocycles. The zero-order valence-corrected chi connectivity index (χ0v) is 15.2. The van der Waals surface area contributed by atoms with Crippen LogP contribution < -0.4 is 0 Å². The normalized spacial score (nSPS) is 18.2. The Hall–Kier alpha value is 0.01000. The summed E-state index contributed by atoms with van der Waals surface area (Å²) in [5.41, 5.74) is 0. The molecule has 0 radical (unpaired) electrons. The lowest BCUT2D eigenvalue weighted by Gasteiger charge is -2.30. The zero-order chi connectivity index (χ0) is 15.3. The first-order valence-electron chi connectivity index (χ1n) is 6.86. The number of ether oxygens (including phenoxy) is 2. The molecule has 2 rings (SSSR count). The molecule has 2 heterocycles. The van der Waals surface area contributed by atoms with Crippen LogP contribution in [0.25, 0.3) is 0 Å². The maximum atomic E-state index is 12.5. The quantitative estimate of drug-likeness (QED) is 0.663. The second-order valence-electron chi connectivity index (χ2n) is 4.97. The molecule has 0 bridgehead atoms. The maximum absolute atomic E-state index is 12.5. The van der Waals surface area contributed by atoms with E-state index in [1.54, 1.807) is 23.5 Å². The van der Waals surface area contributed by atoms with E-state index in [0.717, 1.165) is 16.6 Å². The van der Waals surface area contributed by atoms with Crippen molar-refractivity contribution >= 4 is 37.3 Å². The third kappa shape index (κ3) is 4.74. The van der Waals surface area contributed by atoms with E-state index in [2.05, 4.69) is 15.9 Å². The molecule has 0 saturated carbocycles. The van der Waals surface area contributed by atoms with Crippen LogP contribution in [-0.4, -0.2) is 52.7 Å². The van der Waals surface area contributed by atoms with Crippen LogP contribution in [0.4, 0.5) is 0 Å². The summed E-state index contributed by atoms with van der Waals surface area (Å²) < 4.78 is 38.2. The van der Waals surface area contributed by atoms with Crippen molar-refractivity contribution in [1.82, 2.24) is 4.31 Å². The van der Waals surface area contributed by atoms with E-state index in [1.807, 2.05) is 0 Å². The average molecular weight is 398 g/mol. The van der Waals surface area contributed by atoms with Crippen LogP contribution in [-0.2, 0) is 19.5 Å². The molecule has 1 aromatic heterocycles. The Morgan fingerprint density at radius 2 is 2.05 bits per heavy atom. The topological polar surface area (TPSA) is 55.8 Å². The molecule has 0 amide bonds. The highest BCUT2D eigenvalue weighted by Crippen LogP contribution is 2.30. The van der Waals surface area contributed by atoms with Crippen molar-refractivity contribution < 1.29 is 17.9 Å². The molecule has 1 aliphatic heterocycles. The van der Waals surface area contributed by atoms with Gasteiger partial charge in [0.2, 0.25) is 0 Å². The van der Waals surface area contributed by atoms with E-state index >= 15 is 0 Å². The Morgan fingerprint density at radius 1 is 1.33 bits per heavy atom. The molecule has 120 valence electrons. The standard InChI is InChI=1S/C13H20BrNO4S2/c1-18-8-9-19-10-11-4-6-15(7-5-11)21(16,17)13-3-2-12(14)20-13/h2-3,11H,4-10H2,1H3. The van der Waals surface area contributed by atoms with Crippen molar-refractivity contribution in [3.05, 3.63) is 15.9 Å². The zero-order valence-electron chi connectivity index (χ0n) is 12.0. The second-order valence-corrected chi connectivity index (χ2v) is 9.60. The van der Waals surface area contributed by atoms with E-state index in [0.29, 0.717) is 43.0 Å². The molecule has 8 heteroatoms. The van der Waals surface area contributed by atoms with E-state index in [-0.39, 0.29) is 0 Å². The number of nitrogens with zero attached hydrogens (tertiary/aromatic N) is 1. The lowest BCUT2D eigenvalue weighted by atomic mass is 9.99. The molecule has 0 unspecified atom stereocenters. The minimum absolute atomic E-state index is 0.407. The van der Waals surface area contributed by atoms with Gasteiger partial charge in [0.15, 0.2) is 0 Å². The smallest absolute Gasteiger partial charge is 0.252 e. The first-order chi connectivity index (χ1) is 10.0. The summed E-state index contributed by atoms with van der Waals surface area (Å²) in [7, 11) is -1.68. The van der Waals surface area contributed by atoms with Crippen molar-refractivity contribution in [3.8, 4) is 0 Å². The maximum Gasteiger partial charge on any atom is 0.252 e. The molecule has 0 aliphatic carbocycles. The van der Waals surface area contributed by atoms with Gasteiger partial charge in [0.05, 0.1) is 17.0 Å². The largest absolute Gasteiger partial charge is 0.382 e. The Morgan fingerprint density at radius 3 is 2.62 bits per heavy atom. The number of hydrogen-bond acceptors (Lipinski definition) is 5. The van der Waals surface area contributed by atoms with Crippen LogP contribution in [0, 0.1) is 5.92 Å². The average Bonchev–Trinajstić information content (AvgIpc) is 2.91. The van der Waals surface area contributed by atoms with Gasteiger partial charge in [-0.1, -0.05) is 0 Å². The van der Waals surface area contributed by atoms with E-state index in [4.69, 9.17) is 9.47 Å². The molecule has 0 aromatic carbocycles. The van der Waals surface area contributed by atoms with Crippen LogP contribution in [0.15, 0.2) is 20.1 Å². The van der Waals surface area contributed by atoms with Crippen LogP contribution in [0.3, 0.4) is 0 Å². The summed E-state index contributed by atoms with van der Waals surface area (Å²) in [6, 6.07) is 3.43. The third-order valence-electron chi connectivity index (χ3n) is 3.50. The second kappa shape index (κ2) is 8.03. The molecular formula is C13H20BrNO4S2. The molecule has 1 fully saturated rings. The summed E-state index contributed by atoms with van der Waals surface area (Å²) in [4.78, 5) is 0. The van der Waals surface area contributed by atoms with Gasteiger partial charge in [0.1, 0.15) is 4.21 Å². The molecule has 0 N–H and O–H groups in total. The number of rotatable bonds is 7. The van der Waals surface area contributed by atoms with Gasteiger partial charge in [-0.2, -0.15) is 4.31 Å². The predicted octanol–water partition coefficient (Wildman–Crippen LogP) is 2.57. The number of halogens is 1. The van der Waals surface area contributed by atoms with Gasteiger partial charge < -0.3 is 9.47 Å². The molecular weight excluding hydrogens is 378 g/mol. The Balaban J connectivity index is 1.83. The highest BCUT2D eigenvalue weighted by atomic mass is 79.9. The van der Waals surface area contributed by atoms with Crippen LogP contribution in [0.1, 0.15) is 12.8 Å². The summed E-state index contributed by atoms with van der Waals surface area (Å²) in [5.74, 6) is 0.434. The number of thiophene rings is 1. The minimum atomic E-state index is -3.33. The number of hydrogen-bond donors (Lipinski definition) is 0. The van der Waals surface area contributed by atoms with Gasteiger partial charge >= 0.3 is 0 Å². The first-order valence-corrected chi connectivity index (χ1v) is 9.91. The van der Waals surface area contributed by atoms with Crippen molar-refractivity contribution in [3.63, 3.8) is 0 Å². The highest BCUT2D eigenvalue weighted by molar-refractivity contribution is 9.11. The van der Waals surface area contributed by atoms with Gasteiger partial charge in [-0.05, 0) is 46.8 Å². The van der Waals surface area contributed by atoms with Crippen molar-refractivity contribution in [1.29, 1.82) is 0 Å². The molecule has 0 spiro atoms. The third-order valence-corrected chi connectivity index (χ3v) is 7.49. The monoisotopic (exact) mass is 397 g/mol. The summed E-state index contributed by atoms with van der Waals surface area (Å²) >= 11 is 4.57. The Kier molecular flexibility index (Phi) is 6.64. The summed E-state index contributed by atoms with van der Waals surface area (Å²) in [6.45, 7) is 3.01. The fourth-order valence-electron chi connectivity index (χ4n) is 2.27. The first kappa shape index (κ1) is 17.4. The van der Waals surface area contributed by atoms with Gasteiger partial charge in [-0.15, -0.1) is 11.3 Å². The van der Waals surface area contributed by atoms with E-state index in [9.17, 15) is 8.42 Å². The van der Waals surface area contributed by atoms with Crippen molar-refractivity contribution in [2.24, 2.45) is 5.92 Å². The van der Waals surface area contributed by atoms with Crippen LogP contribution in [0.2, 0.25) is 0 Å². The van der Waals surface area contributed by atoms with Gasteiger partial charge in [-0.25, -0.2) is 8.42 Å². The fraction of sp³-hybridized carbons (Fsp3) is 0.692. The van der Waals surface area contributed by atoms with Crippen LogP contribution in [0.5, 0.6) is 0 Å². The number of sulfonamides is 1. The number of piperidine rings is 1. The number of methoxy groups -OCH3 is 1. The summed E-state index contributed by atoms with van der Waals surface area (Å²) in [5, 5.41) is 0. The van der Waals surface area contributed by atoms with E-state index < -0.39 is 10.0 Å². The molecule has 0 atom stereocenters. The molecule has 1 aliphatic rings. The van der Waals surface area contributed by atoms with Crippen LogP contribution >= 0.6 is 27.3 Å². The predicted molar refractivity (Wildman–Crippen MR) is 86.2 cm³/mol. The Bertz CT molecular complexity index is 538. The minimum Gasteiger partial charge on any atom is -0.382 e. The van der Waals surface area contributed by atoms with Gasteiger partial charge in [-0.3, -0.25) is 0 Å². The lowest BCUT2D eigenvalue weighted by molar-refractivity contribution is 0.0410. The SMILES string of the molecule is COCCOCC1CCN(S(=O)(=O)c2ccc(Br)s2)CC1. The van der Waals surface area contributed by atoms with Crippen molar-refractivity contribution in [2.75, 3.05) is 40.0 Å². The fourth-order valence-corrected chi connectivity index (χ4v) is 5.91. The molecule has 1 aromatic rings. The molecule has 21 heavy (non-hydrogen) atoms. The van der Waals surface area contributed by atoms with Gasteiger partial charge in [0.25, 0.3) is 10.0 Å².